The highest BCUT2D eigenvalue weighted by Gasteiger charge is 2.26. The molecule has 8 nitrogen and oxygen atoms in total. The van der Waals surface area contributed by atoms with E-state index in [1.54, 1.807) is 16.7 Å². The number of benzene rings is 1. The molecule has 152 valence electrons. The van der Waals surface area contributed by atoms with Crippen molar-refractivity contribution in [2.45, 2.75) is 32.6 Å². The molecule has 2 aromatic heterocycles. The van der Waals surface area contributed by atoms with Crippen molar-refractivity contribution in [3.05, 3.63) is 91.3 Å². The molecule has 0 atom stereocenters. The van der Waals surface area contributed by atoms with Crippen LogP contribution in [0.2, 0.25) is 0 Å². The minimum atomic E-state index is -0.731. The smallest absolute Gasteiger partial charge is 0.277 e. The van der Waals surface area contributed by atoms with Gasteiger partial charge in [-0.2, -0.15) is 0 Å². The van der Waals surface area contributed by atoms with Crippen LogP contribution in [0, 0.1) is 27.2 Å². The molecule has 30 heavy (non-hydrogen) atoms. The number of nitrogens with zero attached hydrogens (tertiary/aromatic N) is 3. The maximum atomic E-state index is 13.4. The lowest BCUT2D eigenvalue weighted by Gasteiger charge is -2.13. The lowest BCUT2D eigenvalue weighted by atomic mass is 9.91. The number of allylic oxidation sites excluding steroid dienone is 2. The van der Waals surface area contributed by atoms with E-state index in [9.17, 15) is 25.0 Å². The average molecular weight is 405 g/mol. The number of hydrogen-bond acceptors (Lipinski definition) is 5. The molecular formula is C22H19N3O5. The van der Waals surface area contributed by atoms with Crippen molar-refractivity contribution in [1.82, 2.24) is 4.40 Å². The van der Waals surface area contributed by atoms with Crippen LogP contribution in [0.25, 0.3) is 11.1 Å². The molecule has 0 N–H and O–H groups in total. The van der Waals surface area contributed by atoms with E-state index in [1.807, 2.05) is 19.1 Å². The van der Waals surface area contributed by atoms with Crippen LogP contribution in [-0.2, 0) is 0 Å². The molecule has 1 aliphatic rings. The largest absolute Gasteiger partial charge is 0.313 e. The van der Waals surface area contributed by atoms with Crippen molar-refractivity contribution < 1.29 is 14.6 Å². The zero-order valence-corrected chi connectivity index (χ0v) is 16.3. The second-order valence-electron chi connectivity index (χ2n) is 7.36. The summed E-state index contributed by atoms with van der Waals surface area (Å²) in [5, 5.41) is 22.5. The van der Waals surface area contributed by atoms with E-state index < -0.39 is 27.0 Å². The summed E-state index contributed by atoms with van der Waals surface area (Å²) in [7, 11) is 0. The number of nitro groups is 2. The van der Waals surface area contributed by atoms with E-state index in [2.05, 4.69) is 6.08 Å². The van der Waals surface area contributed by atoms with Gasteiger partial charge < -0.3 is 4.40 Å². The van der Waals surface area contributed by atoms with Crippen molar-refractivity contribution in [1.29, 1.82) is 0 Å². The molecule has 0 saturated carbocycles. The molecule has 0 saturated heterocycles. The van der Waals surface area contributed by atoms with Gasteiger partial charge in [-0.3, -0.25) is 25.0 Å². The van der Waals surface area contributed by atoms with Crippen molar-refractivity contribution in [3.63, 3.8) is 0 Å². The first kappa shape index (κ1) is 19.5. The van der Waals surface area contributed by atoms with Crippen LogP contribution in [0.5, 0.6) is 0 Å². The van der Waals surface area contributed by atoms with Crippen LogP contribution in [0.4, 0.5) is 11.4 Å². The van der Waals surface area contributed by atoms with Crippen molar-refractivity contribution in [2.24, 2.45) is 0 Å². The second kappa shape index (κ2) is 7.55. The number of rotatable bonds is 5. The third kappa shape index (κ3) is 3.26. The molecule has 2 heterocycles. The number of hydrogen-bond donors (Lipinski definition) is 0. The summed E-state index contributed by atoms with van der Waals surface area (Å²) < 4.78 is 1.77. The number of pyridine rings is 1. The van der Waals surface area contributed by atoms with E-state index in [4.69, 9.17) is 0 Å². The van der Waals surface area contributed by atoms with Gasteiger partial charge in [-0.1, -0.05) is 12.1 Å². The summed E-state index contributed by atoms with van der Waals surface area (Å²) in [6, 6.07) is 8.68. The summed E-state index contributed by atoms with van der Waals surface area (Å²) in [5.74, 6) is -0.483. The Labute approximate surface area is 171 Å². The minimum Gasteiger partial charge on any atom is -0.313 e. The monoisotopic (exact) mass is 405 g/mol. The molecule has 0 aliphatic heterocycles. The molecule has 0 amide bonds. The van der Waals surface area contributed by atoms with Crippen LogP contribution >= 0.6 is 0 Å². The Balaban J connectivity index is 1.93. The summed E-state index contributed by atoms with van der Waals surface area (Å²) in [4.78, 5) is 34.5. The number of carbonyl (C=O) groups is 1. The Kier molecular flexibility index (Phi) is 4.91. The van der Waals surface area contributed by atoms with Gasteiger partial charge in [0.05, 0.1) is 27.1 Å². The van der Waals surface area contributed by atoms with Crippen LogP contribution in [0.15, 0.2) is 48.7 Å². The van der Waals surface area contributed by atoms with Gasteiger partial charge in [-0.15, -0.1) is 0 Å². The first-order chi connectivity index (χ1) is 14.4. The maximum Gasteiger partial charge on any atom is 0.277 e. The van der Waals surface area contributed by atoms with Crippen LogP contribution in [-0.4, -0.2) is 20.0 Å². The van der Waals surface area contributed by atoms with E-state index >= 15 is 0 Å². The molecular weight excluding hydrogens is 386 g/mol. The van der Waals surface area contributed by atoms with Gasteiger partial charge in [0, 0.05) is 29.5 Å². The van der Waals surface area contributed by atoms with Crippen molar-refractivity contribution in [2.75, 3.05) is 0 Å². The highest BCUT2D eigenvalue weighted by Crippen LogP contribution is 2.36. The van der Waals surface area contributed by atoms with E-state index in [-0.39, 0.29) is 5.56 Å². The third-order valence-electron chi connectivity index (χ3n) is 5.50. The van der Waals surface area contributed by atoms with E-state index in [0.717, 1.165) is 60.5 Å². The average Bonchev–Trinajstić information content (AvgIpc) is 3.05. The number of non-ortho nitro benzene ring substituents is 2. The van der Waals surface area contributed by atoms with Gasteiger partial charge in [0.15, 0.2) is 0 Å². The fourth-order valence-electron chi connectivity index (χ4n) is 4.16. The van der Waals surface area contributed by atoms with Gasteiger partial charge in [-0.05, 0) is 55.9 Å². The number of nitro benzene ring substituents is 2. The van der Waals surface area contributed by atoms with Gasteiger partial charge in [0.2, 0.25) is 5.78 Å². The predicted molar refractivity (Wildman–Crippen MR) is 112 cm³/mol. The van der Waals surface area contributed by atoms with E-state index in [1.165, 1.54) is 5.57 Å². The molecule has 0 unspecified atom stereocenters. The topological polar surface area (TPSA) is 108 Å². The van der Waals surface area contributed by atoms with Gasteiger partial charge in [0.1, 0.15) is 0 Å². The normalized spacial score (nSPS) is 13.8. The molecule has 0 fully saturated rings. The quantitative estimate of drug-likeness (QED) is 0.327. The standard InChI is InChI=1S/C22H19N3O5/c1-14-20(15-7-3-2-4-8-15)19-9-5-6-10-23(19)21(14)22(26)16-11-17(24(27)28)13-18(12-16)25(29)30/h5-7,9-13H,2-4,8H2,1H3. The zero-order chi connectivity index (χ0) is 21.4. The summed E-state index contributed by atoms with van der Waals surface area (Å²) in [6.45, 7) is 1.86. The Bertz CT molecular complexity index is 1210. The van der Waals surface area contributed by atoms with Gasteiger partial charge in [-0.25, -0.2) is 0 Å². The Hall–Kier alpha value is -3.81. The second-order valence-corrected chi connectivity index (χ2v) is 7.36. The number of fused-ring (bicyclic) bond motifs is 1. The fourth-order valence-corrected chi connectivity index (χ4v) is 4.16. The van der Waals surface area contributed by atoms with Gasteiger partial charge >= 0.3 is 0 Å². The molecule has 1 aliphatic carbocycles. The Morgan fingerprint density at radius 1 is 1.03 bits per heavy atom. The molecule has 0 bridgehead atoms. The molecule has 1 aromatic carbocycles. The summed E-state index contributed by atoms with van der Waals surface area (Å²) in [6.07, 6.45) is 8.09. The predicted octanol–water partition coefficient (Wildman–Crippen LogP) is 5.25. The molecule has 3 aromatic rings. The maximum absolute atomic E-state index is 13.4. The number of ketones is 1. The highest BCUT2D eigenvalue weighted by atomic mass is 16.6. The first-order valence-corrected chi connectivity index (χ1v) is 9.66. The van der Waals surface area contributed by atoms with Crippen molar-refractivity contribution >= 4 is 28.2 Å². The lowest BCUT2D eigenvalue weighted by molar-refractivity contribution is -0.394. The first-order valence-electron chi connectivity index (χ1n) is 9.66. The fraction of sp³-hybridized carbons (Fsp3) is 0.227. The summed E-state index contributed by atoms with van der Waals surface area (Å²) >= 11 is 0. The number of carbonyl (C=O) groups excluding carboxylic acids is 1. The highest BCUT2D eigenvalue weighted by molar-refractivity contribution is 6.11. The van der Waals surface area contributed by atoms with E-state index in [0.29, 0.717) is 5.69 Å². The lowest BCUT2D eigenvalue weighted by Crippen LogP contribution is -2.08. The molecule has 8 heteroatoms. The van der Waals surface area contributed by atoms with Gasteiger partial charge in [0.25, 0.3) is 11.4 Å². The minimum absolute atomic E-state index is 0.0774. The van der Waals surface area contributed by atoms with Crippen LogP contribution in [0.3, 0.4) is 0 Å². The molecule has 4 rings (SSSR count). The Morgan fingerprint density at radius 3 is 2.33 bits per heavy atom. The third-order valence-corrected chi connectivity index (χ3v) is 5.50. The number of aromatic nitrogens is 1. The SMILES string of the molecule is Cc1c(C2=CCCCC2)c2ccccn2c1C(=O)c1cc([N+](=O)[O-])cc([N+](=O)[O-])c1. The van der Waals surface area contributed by atoms with Crippen molar-refractivity contribution in [3.8, 4) is 0 Å². The van der Waals surface area contributed by atoms with Crippen LogP contribution in [0.1, 0.15) is 52.9 Å². The zero-order valence-electron chi connectivity index (χ0n) is 16.3. The molecule has 0 spiro atoms. The molecule has 0 radical (unpaired) electrons. The Morgan fingerprint density at radius 2 is 1.73 bits per heavy atom. The van der Waals surface area contributed by atoms with Crippen LogP contribution < -0.4 is 0 Å². The summed E-state index contributed by atoms with van der Waals surface area (Å²) in [5.41, 5.74) is 3.15.